The number of hydrogen-bond acceptors (Lipinski definition) is 2. The van der Waals surface area contributed by atoms with Crippen LogP contribution < -0.4 is 11.3 Å². The Morgan fingerprint density at radius 1 is 1.10 bits per heavy atom. The Hall–Kier alpha value is -0.430. The molecule has 0 aliphatic carbocycles. The van der Waals surface area contributed by atoms with Crippen molar-refractivity contribution in [2.75, 3.05) is 0 Å². The second-order valence-corrected chi connectivity index (χ2v) is 8.22. The van der Waals surface area contributed by atoms with E-state index in [0.717, 1.165) is 4.47 Å². The van der Waals surface area contributed by atoms with Crippen molar-refractivity contribution in [1.82, 2.24) is 5.43 Å². The first kappa shape index (κ1) is 16.9. The topological polar surface area (TPSA) is 38.0 Å². The molecule has 0 heterocycles. The molecule has 0 aliphatic rings. The van der Waals surface area contributed by atoms with Gasteiger partial charge in [0.1, 0.15) is 0 Å². The molecule has 0 bridgehead atoms. The van der Waals surface area contributed by atoms with Crippen molar-refractivity contribution >= 4 is 38.5 Å². The van der Waals surface area contributed by atoms with Gasteiger partial charge in [-0.2, -0.15) is 0 Å². The van der Waals surface area contributed by atoms with Crippen LogP contribution in [0, 0.1) is 3.57 Å². The van der Waals surface area contributed by atoms with Gasteiger partial charge >= 0.3 is 0 Å². The third kappa shape index (κ3) is 4.06. The van der Waals surface area contributed by atoms with E-state index in [1.807, 2.05) is 6.07 Å². The first-order chi connectivity index (χ1) is 9.82. The lowest BCUT2D eigenvalue weighted by molar-refractivity contribution is 0.588. The molecule has 0 fully saturated rings. The zero-order chi connectivity index (χ0) is 15.6. The highest BCUT2D eigenvalue weighted by atomic mass is 127. The summed E-state index contributed by atoms with van der Waals surface area (Å²) in [5, 5.41) is 0. The molecule has 2 rings (SSSR count). The Morgan fingerprint density at radius 3 is 2.24 bits per heavy atom. The molecule has 0 aliphatic heterocycles. The summed E-state index contributed by atoms with van der Waals surface area (Å²) in [6.45, 7) is 6.66. The number of rotatable bonds is 3. The first-order valence-corrected chi connectivity index (χ1v) is 8.71. The third-order valence-corrected chi connectivity index (χ3v) is 5.02. The standard InChI is InChI=1S/C17H20BrIN2/c1-17(2,3)12-6-4-11(5-7-12)16(21-20)14-10-13(18)8-9-15(14)19/h4-10,16,21H,20H2,1-3H3. The molecule has 2 aromatic carbocycles. The van der Waals surface area contributed by atoms with Crippen LogP contribution in [-0.2, 0) is 5.41 Å². The fourth-order valence-corrected chi connectivity index (χ4v) is 3.30. The average Bonchev–Trinajstić information content (AvgIpc) is 2.43. The summed E-state index contributed by atoms with van der Waals surface area (Å²) in [6.07, 6.45) is 0. The fourth-order valence-electron chi connectivity index (χ4n) is 2.28. The number of nitrogens with one attached hydrogen (secondary N) is 1. The molecule has 0 aromatic heterocycles. The lowest BCUT2D eigenvalue weighted by Crippen LogP contribution is -2.29. The molecule has 3 N–H and O–H groups in total. The summed E-state index contributed by atoms with van der Waals surface area (Å²) in [6, 6.07) is 14.9. The summed E-state index contributed by atoms with van der Waals surface area (Å²) in [5.41, 5.74) is 6.77. The van der Waals surface area contributed by atoms with Gasteiger partial charge in [-0.3, -0.25) is 5.84 Å². The minimum Gasteiger partial charge on any atom is -0.271 e. The molecule has 0 saturated heterocycles. The molecule has 112 valence electrons. The van der Waals surface area contributed by atoms with Gasteiger partial charge in [0.05, 0.1) is 6.04 Å². The van der Waals surface area contributed by atoms with Crippen molar-refractivity contribution in [2.24, 2.45) is 5.84 Å². The highest BCUT2D eigenvalue weighted by molar-refractivity contribution is 14.1. The molecule has 2 aromatic rings. The number of benzene rings is 2. The number of hydrazine groups is 1. The number of nitrogens with two attached hydrogens (primary N) is 1. The zero-order valence-corrected chi connectivity index (χ0v) is 16.2. The van der Waals surface area contributed by atoms with Crippen molar-refractivity contribution in [3.05, 3.63) is 67.2 Å². The summed E-state index contributed by atoms with van der Waals surface area (Å²) in [4.78, 5) is 0. The highest BCUT2D eigenvalue weighted by Crippen LogP contribution is 2.30. The first-order valence-electron chi connectivity index (χ1n) is 6.84. The molecule has 0 spiro atoms. The van der Waals surface area contributed by atoms with Crippen LogP contribution in [0.4, 0.5) is 0 Å². The van der Waals surface area contributed by atoms with Crippen molar-refractivity contribution in [1.29, 1.82) is 0 Å². The van der Waals surface area contributed by atoms with Gasteiger partial charge in [-0.25, -0.2) is 5.43 Å². The van der Waals surface area contributed by atoms with E-state index in [1.165, 1.54) is 20.3 Å². The molecular weight excluding hydrogens is 439 g/mol. The number of halogens is 2. The Kier molecular flexibility index (Phi) is 5.46. The van der Waals surface area contributed by atoms with Crippen LogP contribution in [0.2, 0.25) is 0 Å². The Balaban J connectivity index is 2.40. The van der Waals surface area contributed by atoms with E-state index in [9.17, 15) is 0 Å². The van der Waals surface area contributed by atoms with Crippen molar-refractivity contribution < 1.29 is 0 Å². The molecule has 1 atom stereocenters. The summed E-state index contributed by atoms with van der Waals surface area (Å²) < 4.78 is 2.25. The van der Waals surface area contributed by atoms with E-state index in [1.54, 1.807) is 0 Å². The molecule has 0 saturated carbocycles. The monoisotopic (exact) mass is 458 g/mol. The minimum atomic E-state index is -0.0107. The van der Waals surface area contributed by atoms with E-state index in [2.05, 4.69) is 101 Å². The lowest BCUT2D eigenvalue weighted by atomic mass is 9.86. The highest BCUT2D eigenvalue weighted by Gasteiger charge is 2.18. The predicted molar refractivity (Wildman–Crippen MR) is 101 cm³/mol. The van der Waals surface area contributed by atoms with Crippen LogP contribution >= 0.6 is 38.5 Å². The molecule has 0 amide bonds. The Labute approximate surface area is 148 Å². The quantitative estimate of drug-likeness (QED) is 0.389. The van der Waals surface area contributed by atoms with Crippen molar-refractivity contribution in [3.8, 4) is 0 Å². The molecule has 1 unspecified atom stereocenters. The van der Waals surface area contributed by atoms with Gasteiger partial charge in [0.15, 0.2) is 0 Å². The van der Waals surface area contributed by atoms with Gasteiger partial charge in [0.2, 0.25) is 0 Å². The fraction of sp³-hybridized carbons (Fsp3) is 0.294. The van der Waals surface area contributed by atoms with Crippen LogP contribution in [0.3, 0.4) is 0 Å². The van der Waals surface area contributed by atoms with Crippen molar-refractivity contribution in [3.63, 3.8) is 0 Å². The Bertz CT molecular complexity index is 618. The molecule has 21 heavy (non-hydrogen) atoms. The van der Waals surface area contributed by atoms with E-state index in [4.69, 9.17) is 5.84 Å². The Morgan fingerprint density at radius 2 is 1.71 bits per heavy atom. The maximum Gasteiger partial charge on any atom is 0.0720 e. The summed E-state index contributed by atoms with van der Waals surface area (Å²) in [5.74, 6) is 5.81. The van der Waals surface area contributed by atoms with Crippen LogP contribution in [0.15, 0.2) is 46.9 Å². The lowest BCUT2D eigenvalue weighted by Gasteiger charge is -2.22. The van der Waals surface area contributed by atoms with Crippen molar-refractivity contribution in [2.45, 2.75) is 32.2 Å². The summed E-state index contributed by atoms with van der Waals surface area (Å²) in [7, 11) is 0. The predicted octanol–water partition coefficient (Wildman–Crippen LogP) is 4.90. The van der Waals surface area contributed by atoms with Gasteiger partial charge < -0.3 is 0 Å². The second kappa shape index (κ2) is 6.77. The number of hydrogen-bond donors (Lipinski definition) is 2. The van der Waals surface area contributed by atoms with E-state index >= 15 is 0 Å². The van der Waals surface area contributed by atoms with Gasteiger partial charge in [0, 0.05) is 8.04 Å². The van der Waals surface area contributed by atoms with Crippen LogP contribution in [-0.4, -0.2) is 0 Å². The molecule has 0 radical (unpaired) electrons. The van der Waals surface area contributed by atoms with Crippen LogP contribution in [0.1, 0.15) is 43.5 Å². The SMILES string of the molecule is CC(C)(C)c1ccc(C(NN)c2cc(Br)ccc2I)cc1. The molecular formula is C17H20BrIN2. The van der Waals surface area contributed by atoms with Gasteiger partial charge in [-0.05, 0) is 62.9 Å². The van der Waals surface area contributed by atoms with Crippen LogP contribution in [0.25, 0.3) is 0 Å². The van der Waals surface area contributed by atoms with Gasteiger partial charge in [0.25, 0.3) is 0 Å². The minimum absolute atomic E-state index is 0.0107. The van der Waals surface area contributed by atoms with Gasteiger partial charge in [-0.1, -0.05) is 61.0 Å². The normalized spacial score (nSPS) is 13.2. The zero-order valence-electron chi connectivity index (χ0n) is 12.5. The second-order valence-electron chi connectivity index (χ2n) is 6.14. The summed E-state index contributed by atoms with van der Waals surface area (Å²) >= 11 is 5.88. The maximum atomic E-state index is 5.81. The van der Waals surface area contributed by atoms with Crippen LogP contribution in [0.5, 0.6) is 0 Å². The molecule has 2 nitrogen and oxygen atoms in total. The maximum absolute atomic E-state index is 5.81. The van der Waals surface area contributed by atoms with E-state index < -0.39 is 0 Å². The average molecular weight is 459 g/mol. The molecule has 4 heteroatoms. The third-order valence-electron chi connectivity index (χ3n) is 3.55. The largest absolute Gasteiger partial charge is 0.271 e. The van der Waals surface area contributed by atoms with E-state index in [-0.39, 0.29) is 11.5 Å². The van der Waals surface area contributed by atoms with Gasteiger partial charge in [-0.15, -0.1) is 0 Å². The smallest absolute Gasteiger partial charge is 0.0720 e. The van der Waals surface area contributed by atoms with E-state index in [0.29, 0.717) is 0 Å².